The molecule has 1 aliphatic carbocycles. The number of barbiturate groups is 1. The van der Waals surface area contributed by atoms with Crippen LogP contribution in [0.15, 0.2) is 48.0 Å². The lowest BCUT2D eigenvalue weighted by Crippen LogP contribution is -2.58. The van der Waals surface area contributed by atoms with Crippen LogP contribution in [0.4, 0.5) is 4.79 Å². The average Bonchev–Trinajstić information content (AvgIpc) is 2.83. The summed E-state index contributed by atoms with van der Waals surface area (Å²) < 4.78 is 12.9. The van der Waals surface area contributed by atoms with E-state index in [1.54, 1.807) is 18.2 Å². The van der Waals surface area contributed by atoms with Gasteiger partial charge in [-0.25, -0.2) is 4.79 Å². The highest BCUT2D eigenvalue weighted by atomic mass is 127. The maximum atomic E-state index is 13.1. The molecule has 2 aliphatic rings. The quantitative estimate of drug-likeness (QED) is 0.284. The van der Waals surface area contributed by atoms with Gasteiger partial charge in [0.05, 0.1) is 6.61 Å². The van der Waals surface area contributed by atoms with Gasteiger partial charge in [-0.05, 0) is 83.8 Å². The van der Waals surface area contributed by atoms with Gasteiger partial charge in [-0.1, -0.05) is 37.5 Å². The van der Waals surface area contributed by atoms with Crippen LogP contribution in [0.3, 0.4) is 0 Å². The number of halogens is 1. The predicted octanol–water partition coefficient (Wildman–Crippen LogP) is 5.06. The van der Waals surface area contributed by atoms with Crippen molar-refractivity contribution in [3.63, 3.8) is 0 Å². The van der Waals surface area contributed by atoms with E-state index in [1.165, 1.54) is 11.0 Å². The highest BCUT2D eigenvalue weighted by molar-refractivity contribution is 14.1. The molecule has 0 bridgehead atoms. The Bertz CT molecular complexity index is 1110. The van der Waals surface area contributed by atoms with E-state index in [-0.39, 0.29) is 11.6 Å². The third kappa shape index (κ3) is 5.60. The van der Waals surface area contributed by atoms with E-state index in [9.17, 15) is 14.4 Å². The summed E-state index contributed by atoms with van der Waals surface area (Å²) in [6.07, 6.45) is 6.07. The number of rotatable bonds is 7. The number of nitrogens with one attached hydrogen (secondary N) is 1. The summed E-state index contributed by atoms with van der Waals surface area (Å²) in [7, 11) is 0. The number of ether oxygens (including phenoxy) is 2. The van der Waals surface area contributed by atoms with E-state index >= 15 is 0 Å². The summed E-state index contributed by atoms with van der Waals surface area (Å²) in [6, 6.07) is 12.5. The van der Waals surface area contributed by atoms with Crippen LogP contribution in [0.5, 0.6) is 11.5 Å². The lowest BCUT2D eigenvalue weighted by molar-refractivity contribution is -0.132. The summed E-state index contributed by atoms with van der Waals surface area (Å²) in [5.41, 5.74) is 1.59. The van der Waals surface area contributed by atoms with Crippen LogP contribution in [0.2, 0.25) is 0 Å². The maximum Gasteiger partial charge on any atom is 0.331 e. The molecule has 2 aromatic rings. The Balaban J connectivity index is 1.56. The van der Waals surface area contributed by atoms with Gasteiger partial charge >= 0.3 is 6.03 Å². The van der Waals surface area contributed by atoms with Crippen LogP contribution >= 0.6 is 22.6 Å². The second-order valence-electron chi connectivity index (χ2n) is 8.34. The molecule has 0 aromatic heterocycles. The molecular formula is C26H27IN2O5. The largest absolute Gasteiger partial charge is 0.490 e. The first-order valence-electron chi connectivity index (χ1n) is 11.5. The van der Waals surface area contributed by atoms with E-state index < -0.39 is 17.8 Å². The zero-order valence-corrected chi connectivity index (χ0v) is 21.2. The Hall–Kier alpha value is -2.88. The summed E-state index contributed by atoms with van der Waals surface area (Å²) in [6.45, 7) is 2.69. The molecule has 0 unspecified atom stereocenters. The van der Waals surface area contributed by atoms with Gasteiger partial charge in [-0.3, -0.25) is 19.8 Å². The van der Waals surface area contributed by atoms with E-state index in [0.29, 0.717) is 30.3 Å². The van der Waals surface area contributed by atoms with E-state index in [2.05, 4.69) is 27.9 Å². The number of urea groups is 1. The van der Waals surface area contributed by atoms with Crippen molar-refractivity contribution in [1.82, 2.24) is 10.2 Å². The average molecular weight is 574 g/mol. The van der Waals surface area contributed by atoms with Gasteiger partial charge in [-0.15, -0.1) is 0 Å². The lowest BCUT2D eigenvalue weighted by Gasteiger charge is -2.35. The second-order valence-corrected chi connectivity index (χ2v) is 9.58. The topological polar surface area (TPSA) is 84.9 Å². The third-order valence-electron chi connectivity index (χ3n) is 5.96. The summed E-state index contributed by atoms with van der Waals surface area (Å²) in [4.78, 5) is 39.3. The highest BCUT2D eigenvalue weighted by Gasteiger charge is 2.40. The number of amides is 4. The Morgan fingerprint density at radius 2 is 1.74 bits per heavy atom. The number of nitrogens with zero attached hydrogens (tertiary/aromatic N) is 1. The number of hydrogen-bond acceptors (Lipinski definition) is 5. The van der Waals surface area contributed by atoms with Crippen molar-refractivity contribution >= 4 is 46.5 Å². The molecule has 0 radical (unpaired) electrons. The molecule has 7 nitrogen and oxygen atoms in total. The van der Waals surface area contributed by atoms with Crippen molar-refractivity contribution in [1.29, 1.82) is 0 Å². The number of hydrogen-bond donors (Lipinski definition) is 1. The molecule has 4 rings (SSSR count). The van der Waals surface area contributed by atoms with Crippen LogP contribution in [0.1, 0.15) is 50.2 Å². The van der Waals surface area contributed by atoms with Gasteiger partial charge in [0.1, 0.15) is 12.2 Å². The monoisotopic (exact) mass is 574 g/mol. The summed E-state index contributed by atoms with van der Waals surface area (Å²) >= 11 is 2.26. The van der Waals surface area contributed by atoms with Crippen LogP contribution in [0.25, 0.3) is 6.08 Å². The van der Waals surface area contributed by atoms with Crippen molar-refractivity contribution in [3.8, 4) is 11.5 Å². The van der Waals surface area contributed by atoms with Crippen molar-refractivity contribution in [2.75, 3.05) is 6.61 Å². The van der Waals surface area contributed by atoms with Gasteiger partial charge < -0.3 is 9.47 Å². The van der Waals surface area contributed by atoms with E-state index in [1.807, 2.05) is 31.2 Å². The van der Waals surface area contributed by atoms with Crippen molar-refractivity contribution in [2.45, 2.75) is 51.7 Å². The van der Waals surface area contributed by atoms with E-state index in [0.717, 1.165) is 41.2 Å². The minimum absolute atomic E-state index is 0.0554. The fourth-order valence-electron chi connectivity index (χ4n) is 4.25. The molecule has 1 saturated heterocycles. The van der Waals surface area contributed by atoms with Crippen molar-refractivity contribution in [3.05, 3.63) is 62.7 Å². The standard InChI is InChI=1S/C26H27IN2O5/c1-2-33-23-15-18(10-13-22(23)34-16-17-8-11-19(27)12-9-17)14-21-24(30)28-26(32)29(25(21)31)20-6-4-3-5-7-20/h8-15,20H,2-7,16H2,1H3,(H,28,30,32). The van der Waals surface area contributed by atoms with Gasteiger partial charge in [0, 0.05) is 9.61 Å². The van der Waals surface area contributed by atoms with Crippen LogP contribution in [0, 0.1) is 3.57 Å². The first-order chi connectivity index (χ1) is 16.5. The molecule has 4 amide bonds. The van der Waals surface area contributed by atoms with Gasteiger partial charge in [0.25, 0.3) is 11.8 Å². The smallest absolute Gasteiger partial charge is 0.331 e. The number of benzene rings is 2. The second kappa shape index (κ2) is 11.0. The lowest BCUT2D eigenvalue weighted by atomic mass is 9.93. The number of imide groups is 2. The number of carbonyl (C=O) groups excluding carboxylic acids is 3. The zero-order chi connectivity index (χ0) is 24.1. The molecule has 8 heteroatoms. The molecule has 2 aromatic carbocycles. The number of carbonyl (C=O) groups is 3. The molecule has 178 valence electrons. The highest BCUT2D eigenvalue weighted by Crippen LogP contribution is 2.31. The summed E-state index contributed by atoms with van der Waals surface area (Å²) in [5, 5.41) is 2.32. The van der Waals surface area contributed by atoms with E-state index in [4.69, 9.17) is 9.47 Å². The molecular weight excluding hydrogens is 547 g/mol. The maximum absolute atomic E-state index is 13.1. The molecule has 1 saturated carbocycles. The van der Waals surface area contributed by atoms with Crippen LogP contribution in [-0.2, 0) is 16.2 Å². The molecule has 1 aliphatic heterocycles. The first kappa shape index (κ1) is 24.3. The first-order valence-corrected chi connectivity index (χ1v) is 12.6. The Morgan fingerprint density at radius 1 is 1.00 bits per heavy atom. The normalized spacial score (nSPS) is 18.2. The van der Waals surface area contributed by atoms with Crippen LogP contribution < -0.4 is 14.8 Å². The molecule has 1 heterocycles. The van der Waals surface area contributed by atoms with Gasteiger partial charge in [0.15, 0.2) is 11.5 Å². The fraction of sp³-hybridized carbons (Fsp3) is 0.346. The fourth-order valence-corrected chi connectivity index (χ4v) is 4.61. The third-order valence-corrected chi connectivity index (χ3v) is 6.68. The minimum Gasteiger partial charge on any atom is -0.490 e. The van der Waals surface area contributed by atoms with Gasteiger partial charge in [-0.2, -0.15) is 0 Å². The SMILES string of the molecule is CCOc1cc(C=C2C(=O)NC(=O)N(C3CCCCC3)C2=O)ccc1OCc1ccc(I)cc1. The Kier molecular flexibility index (Phi) is 7.87. The zero-order valence-electron chi connectivity index (χ0n) is 19.0. The Labute approximate surface area is 212 Å². The van der Waals surface area contributed by atoms with Gasteiger partial charge in [0.2, 0.25) is 0 Å². The van der Waals surface area contributed by atoms with Crippen molar-refractivity contribution in [2.24, 2.45) is 0 Å². The molecule has 2 fully saturated rings. The van der Waals surface area contributed by atoms with Crippen molar-refractivity contribution < 1.29 is 23.9 Å². The molecule has 1 N–H and O–H groups in total. The molecule has 0 spiro atoms. The minimum atomic E-state index is -0.681. The molecule has 34 heavy (non-hydrogen) atoms. The summed E-state index contributed by atoms with van der Waals surface area (Å²) in [5.74, 6) is -0.135. The molecule has 0 atom stereocenters. The predicted molar refractivity (Wildman–Crippen MR) is 136 cm³/mol. The van der Waals surface area contributed by atoms with Crippen LogP contribution in [-0.4, -0.2) is 35.4 Å². The Morgan fingerprint density at radius 3 is 2.44 bits per heavy atom.